The van der Waals surface area contributed by atoms with E-state index >= 15 is 0 Å². The van der Waals surface area contributed by atoms with Crippen LogP contribution in [0.2, 0.25) is 5.02 Å². The SMILES string of the molecule is C=CCN(CCO)C(=O)Cc1ccccc1Cl. The summed E-state index contributed by atoms with van der Waals surface area (Å²) in [6.45, 7) is 4.28. The van der Waals surface area contributed by atoms with E-state index in [0.717, 1.165) is 5.56 Å². The molecule has 3 nitrogen and oxygen atoms in total. The van der Waals surface area contributed by atoms with E-state index in [-0.39, 0.29) is 18.9 Å². The van der Waals surface area contributed by atoms with Crippen molar-refractivity contribution in [1.29, 1.82) is 0 Å². The molecule has 0 spiro atoms. The average molecular weight is 254 g/mol. The van der Waals surface area contributed by atoms with Crippen molar-refractivity contribution in [1.82, 2.24) is 4.90 Å². The third kappa shape index (κ3) is 4.21. The third-order valence-electron chi connectivity index (χ3n) is 2.37. The molecule has 1 aromatic rings. The van der Waals surface area contributed by atoms with Gasteiger partial charge in [-0.3, -0.25) is 4.79 Å². The summed E-state index contributed by atoms with van der Waals surface area (Å²) in [6, 6.07) is 7.25. The van der Waals surface area contributed by atoms with Crippen LogP contribution < -0.4 is 0 Å². The molecule has 0 aliphatic rings. The zero-order chi connectivity index (χ0) is 12.7. The van der Waals surface area contributed by atoms with E-state index < -0.39 is 0 Å². The summed E-state index contributed by atoms with van der Waals surface area (Å²) < 4.78 is 0. The van der Waals surface area contributed by atoms with Crippen LogP contribution in [0.15, 0.2) is 36.9 Å². The van der Waals surface area contributed by atoms with Gasteiger partial charge in [0, 0.05) is 18.1 Å². The summed E-state index contributed by atoms with van der Waals surface area (Å²) in [6.07, 6.45) is 1.88. The Hall–Kier alpha value is -1.32. The number of benzene rings is 1. The Labute approximate surface area is 106 Å². The van der Waals surface area contributed by atoms with Crippen molar-refractivity contribution in [3.63, 3.8) is 0 Å². The molecule has 0 saturated heterocycles. The second-order valence-electron chi connectivity index (χ2n) is 3.62. The molecule has 17 heavy (non-hydrogen) atoms. The number of halogens is 1. The van der Waals surface area contributed by atoms with Crippen LogP contribution in [0.3, 0.4) is 0 Å². The van der Waals surface area contributed by atoms with Crippen LogP contribution in [0.1, 0.15) is 5.56 Å². The first-order valence-electron chi connectivity index (χ1n) is 5.42. The number of carbonyl (C=O) groups is 1. The highest BCUT2D eigenvalue weighted by atomic mass is 35.5. The molecule has 0 unspecified atom stereocenters. The van der Waals surface area contributed by atoms with E-state index in [1.54, 1.807) is 17.0 Å². The molecule has 0 aromatic heterocycles. The molecule has 0 bridgehead atoms. The fourth-order valence-corrected chi connectivity index (χ4v) is 1.71. The van der Waals surface area contributed by atoms with Gasteiger partial charge in [0.2, 0.25) is 5.91 Å². The normalized spacial score (nSPS) is 10.0. The highest BCUT2D eigenvalue weighted by Gasteiger charge is 2.13. The molecule has 0 atom stereocenters. The molecule has 0 fully saturated rings. The molecular weight excluding hydrogens is 238 g/mol. The summed E-state index contributed by atoms with van der Waals surface area (Å²) in [5.41, 5.74) is 0.797. The zero-order valence-electron chi connectivity index (χ0n) is 9.60. The van der Waals surface area contributed by atoms with E-state index in [2.05, 4.69) is 6.58 Å². The summed E-state index contributed by atoms with van der Waals surface area (Å²) >= 11 is 5.99. The van der Waals surface area contributed by atoms with Crippen molar-refractivity contribution < 1.29 is 9.90 Å². The minimum absolute atomic E-state index is 0.0535. The minimum Gasteiger partial charge on any atom is -0.395 e. The monoisotopic (exact) mass is 253 g/mol. The maximum atomic E-state index is 12.0. The van der Waals surface area contributed by atoms with Crippen molar-refractivity contribution in [2.24, 2.45) is 0 Å². The van der Waals surface area contributed by atoms with Crippen LogP contribution in [0.4, 0.5) is 0 Å². The Morgan fingerprint density at radius 2 is 2.18 bits per heavy atom. The van der Waals surface area contributed by atoms with Gasteiger partial charge >= 0.3 is 0 Å². The molecule has 92 valence electrons. The molecule has 1 N–H and O–H groups in total. The maximum Gasteiger partial charge on any atom is 0.227 e. The molecule has 0 aliphatic heterocycles. The zero-order valence-corrected chi connectivity index (χ0v) is 10.4. The fourth-order valence-electron chi connectivity index (χ4n) is 1.51. The van der Waals surface area contributed by atoms with E-state index in [1.807, 2.05) is 18.2 Å². The predicted molar refractivity (Wildman–Crippen MR) is 69.0 cm³/mol. The van der Waals surface area contributed by atoms with E-state index in [4.69, 9.17) is 16.7 Å². The lowest BCUT2D eigenvalue weighted by Crippen LogP contribution is -2.34. The van der Waals surface area contributed by atoms with Crippen LogP contribution in [-0.2, 0) is 11.2 Å². The van der Waals surface area contributed by atoms with Gasteiger partial charge in [-0.1, -0.05) is 35.9 Å². The van der Waals surface area contributed by atoms with Crippen molar-refractivity contribution in [2.45, 2.75) is 6.42 Å². The van der Waals surface area contributed by atoms with Gasteiger partial charge in [0.15, 0.2) is 0 Å². The van der Waals surface area contributed by atoms with Crippen molar-refractivity contribution >= 4 is 17.5 Å². The van der Waals surface area contributed by atoms with Gasteiger partial charge in [0.05, 0.1) is 13.0 Å². The quantitative estimate of drug-likeness (QED) is 0.787. The lowest BCUT2D eigenvalue weighted by molar-refractivity contribution is -0.130. The summed E-state index contributed by atoms with van der Waals surface area (Å²) in [5, 5.41) is 9.47. The highest BCUT2D eigenvalue weighted by Crippen LogP contribution is 2.16. The van der Waals surface area contributed by atoms with Crippen LogP contribution in [0, 0.1) is 0 Å². The maximum absolute atomic E-state index is 12.0. The molecule has 4 heteroatoms. The van der Waals surface area contributed by atoms with Gasteiger partial charge in [-0.15, -0.1) is 6.58 Å². The predicted octanol–water partition coefficient (Wildman–Crippen LogP) is 1.89. The Morgan fingerprint density at radius 3 is 2.76 bits per heavy atom. The van der Waals surface area contributed by atoms with Gasteiger partial charge < -0.3 is 10.0 Å². The Kier molecular flexibility index (Phi) is 5.73. The van der Waals surface area contributed by atoms with Crippen molar-refractivity contribution in [2.75, 3.05) is 19.7 Å². The van der Waals surface area contributed by atoms with Crippen LogP contribution >= 0.6 is 11.6 Å². The Bertz CT molecular complexity index is 393. The molecule has 1 rings (SSSR count). The molecule has 0 radical (unpaired) electrons. The average Bonchev–Trinajstić information content (AvgIpc) is 2.32. The molecule has 1 aromatic carbocycles. The number of amides is 1. The van der Waals surface area contributed by atoms with Crippen molar-refractivity contribution in [3.8, 4) is 0 Å². The first-order chi connectivity index (χ1) is 8.19. The van der Waals surface area contributed by atoms with Gasteiger partial charge in [-0.2, -0.15) is 0 Å². The highest BCUT2D eigenvalue weighted by molar-refractivity contribution is 6.31. The fraction of sp³-hybridized carbons (Fsp3) is 0.308. The number of hydrogen-bond acceptors (Lipinski definition) is 2. The lowest BCUT2D eigenvalue weighted by Gasteiger charge is -2.20. The van der Waals surface area contributed by atoms with Gasteiger partial charge in [-0.05, 0) is 11.6 Å². The lowest BCUT2D eigenvalue weighted by atomic mass is 10.1. The topological polar surface area (TPSA) is 40.5 Å². The number of hydrogen-bond donors (Lipinski definition) is 1. The Balaban J connectivity index is 2.69. The van der Waals surface area contributed by atoms with Gasteiger partial charge in [0.1, 0.15) is 0 Å². The largest absolute Gasteiger partial charge is 0.395 e. The summed E-state index contributed by atoms with van der Waals surface area (Å²) in [5.74, 6) is -0.0629. The van der Waals surface area contributed by atoms with Crippen molar-refractivity contribution in [3.05, 3.63) is 47.5 Å². The first kappa shape index (κ1) is 13.7. The molecule has 0 aliphatic carbocycles. The van der Waals surface area contributed by atoms with Crippen LogP contribution in [0.25, 0.3) is 0 Å². The number of aliphatic hydroxyl groups is 1. The number of aliphatic hydroxyl groups excluding tert-OH is 1. The van der Waals surface area contributed by atoms with Crippen LogP contribution in [-0.4, -0.2) is 35.6 Å². The molecular formula is C13H16ClNO2. The van der Waals surface area contributed by atoms with Gasteiger partial charge in [-0.25, -0.2) is 0 Å². The smallest absolute Gasteiger partial charge is 0.227 e. The third-order valence-corrected chi connectivity index (χ3v) is 2.74. The number of rotatable bonds is 6. The molecule has 0 saturated carbocycles. The van der Waals surface area contributed by atoms with E-state index in [1.165, 1.54) is 0 Å². The standard InChI is InChI=1S/C13H16ClNO2/c1-2-7-15(8-9-16)13(17)10-11-5-3-4-6-12(11)14/h2-6,16H,1,7-10H2. The van der Waals surface area contributed by atoms with E-state index in [9.17, 15) is 4.79 Å². The number of nitrogens with zero attached hydrogens (tertiary/aromatic N) is 1. The Morgan fingerprint density at radius 1 is 1.47 bits per heavy atom. The molecule has 0 heterocycles. The number of carbonyl (C=O) groups excluding carboxylic acids is 1. The first-order valence-corrected chi connectivity index (χ1v) is 5.79. The van der Waals surface area contributed by atoms with Gasteiger partial charge in [0.25, 0.3) is 0 Å². The van der Waals surface area contributed by atoms with Crippen LogP contribution in [0.5, 0.6) is 0 Å². The molecule has 1 amide bonds. The second-order valence-corrected chi connectivity index (χ2v) is 4.03. The minimum atomic E-state index is -0.0629. The van der Waals surface area contributed by atoms with E-state index in [0.29, 0.717) is 18.1 Å². The summed E-state index contributed by atoms with van der Waals surface area (Å²) in [7, 11) is 0. The summed E-state index contributed by atoms with van der Waals surface area (Å²) in [4.78, 5) is 13.5. The second kappa shape index (κ2) is 7.09.